The Morgan fingerprint density at radius 1 is 0.903 bits per heavy atom. The molecule has 0 saturated carbocycles. The van der Waals surface area contributed by atoms with E-state index in [0.29, 0.717) is 11.6 Å². The number of alkyl halides is 2. The van der Waals surface area contributed by atoms with Crippen LogP contribution in [-0.2, 0) is 0 Å². The van der Waals surface area contributed by atoms with Gasteiger partial charge in [-0.25, -0.2) is 4.79 Å². The smallest absolute Gasteiger partial charge is 0.387 e. The number of anilines is 1. The van der Waals surface area contributed by atoms with Gasteiger partial charge in [0.1, 0.15) is 5.75 Å². The molecule has 0 fully saturated rings. The Morgan fingerprint density at radius 2 is 1.58 bits per heavy atom. The molecule has 6 heteroatoms. The maximum Gasteiger partial charge on any atom is 0.387 e. The summed E-state index contributed by atoms with van der Waals surface area (Å²) in [5.41, 5.74) is 4.55. The number of ether oxygens (including phenoxy) is 1. The molecule has 0 unspecified atom stereocenters. The molecule has 0 bridgehead atoms. The van der Waals surface area contributed by atoms with Crippen molar-refractivity contribution >= 4 is 22.6 Å². The third-order valence-corrected chi connectivity index (χ3v) is 5.13. The van der Waals surface area contributed by atoms with Crippen LogP contribution in [0, 0.1) is 0 Å². The molecule has 1 N–H and O–H groups in total. The number of carbonyl (C=O) groups excluding carboxylic acids is 1. The Bertz CT molecular complexity index is 1210. The van der Waals surface area contributed by atoms with E-state index in [0.717, 1.165) is 22.0 Å². The van der Waals surface area contributed by atoms with Gasteiger partial charge in [0.25, 0.3) is 0 Å². The predicted octanol–water partition coefficient (Wildman–Crippen LogP) is 7.11. The Hall–Kier alpha value is -3.67. The number of rotatable bonds is 5. The molecule has 158 valence electrons. The van der Waals surface area contributed by atoms with Crippen LogP contribution >= 0.6 is 0 Å². The largest absolute Gasteiger partial charge is 0.435 e. The Balaban J connectivity index is 1.70. The molecule has 0 spiro atoms. The van der Waals surface area contributed by atoms with E-state index in [1.165, 1.54) is 29.8 Å². The maximum atomic E-state index is 13.1. The fourth-order valence-corrected chi connectivity index (χ4v) is 3.71. The van der Waals surface area contributed by atoms with E-state index in [-0.39, 0.29) is 11.8 Å². The number of nitrogens with zero attached hydrogens (tertiary/aromatic N) is 1. The summed E-state index contributed by atoms with van der Waals surface area (Å²) in [7, 11) is 0. The second kappa shape index (κ2) is 8.60. The van der Waals surface area contributed by atoms with E-state index in [2.05, 4.69) is 36.0 Å². The molecule has 4 nitrogen and oxygen atoms in total. The van der Waals surface area contributed by atoms with Crippen molar-refractivity contribution in [3.8, 4) is 16.9 Å². The topological polar surface area (TPSA) is 43.3 Å². The minimum Gasteiger partial charge on any atom is -0.435 e. The number of fused-ring (bicyclic) bond motifs is 1. The number of carbonyl (C=O) groups is 1. The summed E-state index contributed by atoms with van der Waals surface area (Å²) in [5.74, 6) is 0.369. The molecule has 4 aromatic rings. The molecule has 4 rings (SSSR count). The lowest BCUT2D eigenvalue weighted by Gasteiger charge is -2.12. The summed E-state index contributed by atoms with van der Waals surface area (Å²) in [6.07, 6.45) is 1.84. The van der Waals surface area contributed by atoms with Crippen molar-refractivity contribution in [1.82, 2.24) is 4.57 Å². The van der Waals surface area contributed by atoms with E-state index < -0.39 is 6.61 Å². The molecule has 0 radical (unpaired) electrons. The van der Waals surface area contributed by atoms with E-state index in [1.807, 2.05) is 42.6 Å². The van der Waals surface area contributed by atoms with Crippen LogP contribution < -0.4 is 10.1 Å². The van der Waals surface area contributed by atoms with Gasteiger partial charge in [0.05, 0.1) is 5.52 Å². The summed E-state index contributed by atoms with van der Waals surface area (Å²) in [5, 5.41) is 3.79. The minimum absolute atomic E-state index is 0.0343. The average molecular weight is 420 g/mol. The SMILES string of the molecule is CC(C)c1ccccc1-c1cn(C(=O)Nc2ccc(OC(F)F)cc2)c2ccccc12. The van der Waals surface area contributed by atoms with Gasteiger partial charge >= 0.3 is 12.6 Å². The zero-order valence-electron chi connectivity index (χ0n) is 17.2. The van der Waals surface area contributed by atoms with Gasteiger partial charge in [-0.2, -0.15) is 8.78 Å². The fraction of sp³-hybridized carbons (Fsp3) is 0.160. The first-order valence-electron chi connectivity index (χ1n) is 9.99. The van der Waals surface area contributed by atoms with Crippen molar-refractivity contribution in [3.05, 3.63) is 84.6 Å². The highest BCUT2D eigenvalue weighted by molar-refractivity contribution is 6.05. The van der Waals surface area contributed by atoms with Crippen molar-refractivity contribution < 1.29 is 18.3 Å². The third-order valence-electron chi connectivity index (χ3n) is 5.13. The van der Waals surface area contributed by atoms with Crippen molar-refractivity contribution in [2.75, 3.05) is 5.32 Å². The van der Waals surface area contributed by atoms with E-state index in [4.69, 9.17) is 0 Å². The summed E-state index contributed by atoms with van der Waals surface area (Å²) in [4.78, 5) is 13.1. The number of hydrogen-bond donors (Lipinski definition) is 1. The first-order valence-corrected chi connectivity index (χ1v) is 9.99. The average Bonchev–Trinajstić information content (AvgIpc) is 3.14. The number of halogens is 2. The highest BCUT2D eigenvalue weighted by Gasteiger charge is 2.17. The molecular weight excluding hydrogens is 398 g/mol. The van der Waals surface area contributed by atoms with Crippen LogP contribution in [0.1, 0.15) is 25.3 Å². The maximum absolute atomic E-state index is 13.1. The molecule has 0 aliphatic heterocycles. The zero-order chi connectivity index (χ0) is 22.0. The van der Waals surface area contributed by atoms with Gasteiger partial charge in [0.15, 0.2) is 0 Å². The van der Waals surface area contributed by atoms with Crippen LogP contribution in [0.25, 0.3) is 22.0 Å². The van der Waals surface area contributed by atoms with Crippen LogP contribution in [0.15, 0.2) is 79.0 Å². The summed E-state index contributed by atoms with van der Waals surface area (Å²) in [6, 6.07) is 21.4. The standard InChI is InChI=1S/C25H22F2N2O2/c1-16(2)19-7-3-4-8-20(19)22-15-29(23-10-6-5-9-21(22)23)25(30)28-17-11-13-18(14-12-17)31-24(26)27/h3-16,24H,1-2H3,(H,28,30). The van der Waals surface area contributed by atoms with Crippen LogP contribution in [-0.4, -0.2) is 17.2 Å². The molecule has 0 atom stereocenters. The molecule has 1 amide bonds. The number of aromatic nitrogens is 1. The van der Waals surface area contributed by atoms with Crippen LogP contribution in [0.5, 0.6) is 5.75 Å². The Labute approximate surface area is 179 Å². The minimum atomic E-state index is -2.89. The van der Waals surface area contributed by atoms with E-state index in [9.17, 15) is 13.6 Å². The van der Waals surface area contributed by atoms with E-state index in [1.54, 1.807) is 4.57 Å². The van der Waals surface area contributed by atoms with Crippen LogP contribution in [0.4, 0.5) is 19.3 Å². The lowest BCUT2D eigenvalue weighted by molar-refractivity contribution is -0.0498. The van der Waals surface area contributed by atoms with Crippen molar-refractivity contribution in [3.63, 3.8) is 0 Å². The number of nitrogens with one attached hydrogen (secondary N) is 1. The highest BCUT2D eigenvalue weighted by atomic mass is 19.3. The second-order valence-electron chi connectivity index (χ2n) is 7.50. The highest BCUT2D eigenvalue weighted by Crippen LogP contribution is 2.35. The normalized spacial score (nSPS) is 11.3. The lowest BCUT2D eigenvalue weighted by Crippen LogP contribution is -2.18. The number of para-hydroxylation sites is 1. The Morgan fingerprint density at radius 3 is 2.29 bits per heavy atom. The fourth-order valence-electron chi connectivity index (χ4n) is 3.71. The molecular formula is C25H22F2N2O2. The van der Waals surface area contributed by atoms with Crippen molar-refractivity contribution in [2.24, 2.45) is 0 Å². The molecule has 0 aliphatic carbocycles. The molecule has 0 aliphatic rings. The van der Waals surface area contributed by atoms with Crippen LogP contribution in [0.3, 0.4) is 0 Å². The predicted molar refractivity (Wildman–Crippen MR) is 119 cm³/mol. The summed E-state index contributed by atoms with van der Waals surface area (Å²) in [6.45, 7) is 1.40. The number of benzene rings is 3. The van der Waals surface area contributed by atoms with Gasteiger partial charge < -0.3 is 10.1 Å². The first kappa shape index (κ1) is 20.6. The van der Waals surface area contributed by atoms with Crippen molar-refractivity contribution in [1.29, 1.82) is 0 Å². The molecule has 31 heavy (non-hydrogen) atoms. The zero-order valence-corrected chi connectivity index (χ0v) is 17.2. The van der Waals surface area contributed by atoms with Gasteiger partial charge in [-0.05, 0) is 47.4 Å². The molecule has 1 aromatic heterocycles. The third kappa shape index (κ3) is 4.28. The van der Waals surface area contributed by atoms with Crippen molar-refractivity contribution in [2.45, 2.75) is 26.4 Å². The second-order valence-corrected chi connectivity index (χ2v) is 7.50. The quantitative estimate of drug-likeness (QED) is 0.374. The number of amides is 1. The molecule has 3 aromatic carbocycles. The van der Waals surface area contributed by atoms with Gasteiger partial charge in [-0.3, -0.25) is 4.57 Å². The first-order chi connectivity index (χ1) is 14.9. The van der Waals surface area contributed by atoms with Gasteiger partial charge in [0, 0.05) is 22.8 Å². The van der Waals surface area contributed by atoms with Crippen LogP contribution in [0.2, 0.25) is 0 Å². The van der Waals surface area contributed by atoms with E-state index >= 15 is 0 Å². The lowest BCUT2D eigenvalue weighted by atomic mass is 9.92. The number of hydrogen-bond acceptors (Lipinski definition) is 2. The molecule has 0 saturated heterocycles. The Kier molecular flexibility index (Phi) is 5.71. The van der Waals surface area contributed by atoms with Gasteiger partial charge in [-0.1, -0.05) is 56.3 Å². The monoisotopic (exact) mass is 420 g/mol. The molecule has 1 heterocycles. The summed E-state index contributed by atoms with van der Waals surface area (Å²) < 4.78 is 30.6. The van der Waals surface area contributed by atoms with Gasteiger partial charge in [0.2, 0.25) is 0 Å². The summed E-state index contributed by atoms with van der Waals surface area (Å²) >= 11 is 0. The van der Waals surface area contributed by atoms with Gasteiger partial charge in [-0.15, -0.1) is 0 Å².